The number of nitro groups is 1. The maximum Gasteiger partial charge on any atom is 0.269 e. The first-order valence-corrected chi connectivity index (χ1v) is 9.29. The summed E-state index contributed by atoms with van der Waals surface area (Å²) in [6.45, 7) is 2.23. The number of non-ortho nitro benzene ring substituents is 1. The molecule has 7 nitrogen and oxygen atoms in total. The lowest BCUT2D eigenvalue weighted by Gasteiger charge is -2.22. The largest absolute Gasteiger partial charge is 0.329 e. The van der Waals surface area contributed by atoms with E-state index < -0.39 is 14.9 Å². The molecule has 142 valence electrons. The van der Waals surface area contributed by atoms with Gasteiger partial charge in [-0.25, -0.2) is 8.42 Å². The highest BCUT2D eigenvalue weighted by molar-refractivity contribution is 7.89. The van der Waals surface area contributed by atoms with Crippen LogP contribution in [0.3, 0.4) is 0 Å². The fourth-order valence-corrected chi connectivity index (χ4v) is 4.23. The third-order valence-electron chi connectivity index (χ3n) is 3.86. The summed E-state index contributed by atoms with van der Waals surface area (Å²) >= 11 is 0. The van der Waals surface area contributed by atoms with Crippen molar-refractivity contribution in [1.29, 1.82) is 0 Å². The predicted molar refractivity (Wildman–Crippen MR) is 103 cm³/mol. The van der Waals surface area contributed by atoms with Gasteiger partial charge in [-0.3, -0.25) is 10.1 Å². The van der Waals surface area contributed by atoms with Crippen LogP contribution in [0.1, 0.15) is 11.1 Å². The minimum absolute atomic E-state index is 0. The molecular formula is C17H22ClN3O4S. The molecule has 9 heteroatoms. The highest BCUT2D eigenvalue weighted by Gasteiger charge is 2.26. The normalized spacial score (nSPS) is 11.2. The summed E-state index contributed by atoms with van der Waals surface area (Å²) in [6.07, 6.45) is 0.562. The summed E-state index contributed by atoms with van der Waals surface area (Å²) in [5.74, 6) is 0. The van der Waals surface area contributed by atoms with E-state index in [2.05, 4.69) is 0 Å². The van der Waals surface area contributed by atoms with E-state index in [1.54, 1.807) is 6.92 Å². The van der Waals surface area contributed by atoms with Crippen molar-refractivity contribution in [1.82, 2.24) is 4.31 Å². The van der Waals surface area contributed by atoms with E-state index in [9.17, 15) is 18.5 Å². The number of nitrogens with two attached hydrogens (primary N) is 1. The molecule has 0 heterocycles. The van der Waals surface area contributed by atoms with Gasteiger partial charge in [0.25, 0.3) is 5.69 Å². The van der Waals surface area contributed by atoms with Gasteiger partial charge >= 0.3 is 0 Å². The minimum Gasteiger partial charge on any atom is -0.329 e. The molecule has 0 atom stereocenters. The van der Waals surface area contributed by atoms with Crippen molar-refractivity contribution >= 4 is 28.1 Å². The molecule has 0 aliphatic heterocycles. The third kappa shape index (κ3) is 5.25. The molecule has 2 N–H and O–H groups in total. The number of hydrogen-bond donors (Lipinski definition) is 1. The fraction of sp³-hybridized carbons (Fsp3) is 0.294. The molecule has 0 saturated carbocycles. The number of rotatable bonds is 8. The van der Waals surface area contributed by atoms with E-state index in [0.29, 0.717) is 18.5 Å². The molecule has 0 unspecified atom stereocenters. The summed E-state index contributed by atoms with van der Waals surface area (Å²) in [4.78, 5) is 10.4. The van der Waals surface area contributed by atoms with Gasteiger partial charge in [0.2, 0.25) is 10.0 Å². The van der Waals surface area contributed by atoms with Gasteiger partial charge in [0.15, 0.2) is 0 Å². The fourth-order valence-electron chi connectivity index (χ4n) is 2.57. The second-order valence-electron chi connectivity index (χ2n) is 5.64. The van der Waals surface area contributed by atoms with Crippen LogP contribution in [0, 0.1) is 17.0 Å². The topological polar surface area (TPSA) is 107 Å². The lowest BCUT2D eigenvalue weighted by molar-refractivity contribution is -0.385. The molecule has 0 aromatic heterocycles. The molecule has 2 aromatic rings. The minimum atomic E-state index is -3.78. The molecule has 0 bridgehead atoms. The van der Waals surface area contributed by atoms with Crippen molar-refractivity contribution in [2.75, 3.05) is 19.6 Å². The van der Waals surface area contributed by atoms with E-state index in [1.807, 2.05) is 30.3 Å². The Morgan fingerprint density at radius 2 is 1.77 bits per heavy atom. The van der Waals surface area contributed by atoms with Crippen LogP contribution < -0.4 is 5.73 Å². The van der Waals surface area contributed by atoms with E-state index in [1.165, 1.54) is 22.5 Å². The van der Waals surface area contributed by atoms with Crippen LogP contribution in [0.2, 0.25) is 0 Å². The number of nitro benzene ring substituents is 1. The monoisotopic (exact) mass is 399 g/mol. The van der Waals surface area contributed by atoms with E-state index in [0.717, 1.165) is 5.56 Å². The summed E-state index contributed by atoms with van der Waals surface area (Å²) in [7, 11) is -3.78. The van der Waals surface area contributed by atoms with E-state index in [4.69, 9.17) is 5.73 Å². The Morgan fingerprint density at radius 1 is 1.12 bits per heavy atom. The average molecular weight is 400 g/mol. The first-order valence-electron chi connectivity index (χ1n) is 7.85. The SMILES string of the molecule is Cc1cc([N+](=O)[O-])ccc1S(=O)(=O)N(CCN)CCc1ccccc1.Cl. The Kier molecular flexibility index (Phi) is 8.16. The van der Waals surface area contributed by atoms with Crippen LogP contribution in [0.15, 0.2) is 53.4 Å². The van der Waals surface area contributed by atoms with Crippen LogP contribution in [-0.4, -0.2) is 37.3 Å². The molecule has 0 amide bonds. The van der Waals surface area contributed by atoms with Crippen LogP contribution >= 0.6 is 12.4 Å². The number of sulfonamides is 1. The summed E-state index contributed by atoms with van der Waals surface area (Å²) in [5, 5.41) is 10.8. The van der Waals surface area contributed by atoms with Crippen LogP contribution in [0.4, 0.5) is 5.69 Å². The van der Waals surface area contributed by atoms with Gasteiger partial charge in [-0.1, -0.05) is 30.3 Å². The Labute approximate surface area is 159 Å². The number of halogens is 1. The molecule has 2 aromatic carbocycles. The number of aryl methyl sites for hydroxylation is 1. The Bertz CT molecular complexity index is 844. The quantitative estimate of drug-likeness (QED) is 0.542. The number of hydrogen-bond acceptors (Lipinski definition) is 5. The van der Waals surface area contributed by atoms with Crippen molar-refractivity contribution in [2.24, 2.45) is 5.73 Å². The van der Waals surface area contributed by atoms with Crippen molar-refractivity contribution in [3.05, 3.63) is 69.8 Å². The first kappa shape index (κ1) is 22.0. The van der Waals surface area contributed by atoms with Gasteiger partial charge in [-0.05, 0) is 30.5 Å². The van der Waals surface area contributed by atoms with Crippen LogP contribution in [0.5, 0.6) is 0 Å². The zero-order valence-corrected chi connectivity index (χ0v) is 16.0. The Morgan fingerprint density at radius 3 is 2.31 bits per heavy atom. The standard InChI is InChI=1S/C17H21N3O4S.ClH/c1-14-13-16(20(21)22)7-8-17(14)25(23,24)19(12-10-18)11-9-15-5-3-2-4-6-15;/h2-8,13H,9-12,18H2,1H3;1H. The van der Waals surface area contributed by atoms with Gasteiger partial charge in [0, 0.05) is 31.8 Å². The molecule has 0 aliphatic carbocycles. The lowest BCUT2D eigenvalue weighted by atomic mass is 10.1. The maximum atomic E-state index is 12.9. The molecule has 0 fully saturated rings. The van der Waals surface area contributed by atoms with Gasteiger partial charge < -0.3 is 5.73 Å². The predicted octanol–water partition coefficient (Wildman–Crippen LogP) is 2.52. The summed E-state index contributed by atoms with van der Waals surface area (Å²) < 4.78 is 27.2. The first-order chi connectivity index (χ1) is 11.9. The molecule has 26 heavy (non-hydrogen) atoms. The summed E-state index contributed by atoms with van der Waals surface area (Å²) in [6, 6.07) is 13.3. The van der Waals surface area contributed by atoms with Crippen LogP contribution in [0.25, 0.3) is 0 Å². The van der Waals surface area contributed by atoms with E-state index >= 15 is 0 Å². The highest BCUT2D eigenvalue weighted by Crippen LogP contribution is 2.24. The molecular weight excluding hydrogens is 378 g/mol. The lowest BCUT2D eigenvalue weighted by Crippen LogP contribution is -2.37. The van der Waals surface area contributed by atoms with Crippen molar-refractivity contribution in [3.8, 4) is 0 Å². The number of benzene rings is 2. The van der Waals surface area contributed by atoms with Gasteiger partial charge in [-0.2, -0.15) is 4.31 Å². The van der Waals surface area contributed by atoms with Gasteiger partial charge in [0.05, 0.1) is 9.82 Å². The molecule has 0 radical (unpaired) electrons. The Hall–Kier alpha value is -2.00. The van der Waals surface area contributed by atoms with Crippen molar-refractivity contribution < 1.29 is 13.3 Å². The number of nitrogens with zero attached hydrogens (tertiary/aromatic N) is 2. The van der Waals surface area contributed by atoms with Crippen LogP contribution in [-0.2, 0) is 16.4 Å². The smallest absolute Gasteiger partial charge is 0.269 e. The third-order valence-corrected chi connectivity index (χ3v) is 5.92. The second kappa shape index (κ2) is 9.63. The molecule has 0 aliphatic rings. The average Bonchev–Trinajstić information content (AvgIpc) is 2.59. The van der Waals surface area contributed by atoms with Gasteiger partial charge in [0.1, 0.15) is 0 Å². The molecule has 0 spiro atoms. The van der Waals surface area contributed by atoms with Crippen molar-refractivity contribution in [3.63, 3.8) is 0 Å². The Balaban J connectivity index is 0.00000338. The summed E-state index contributed by atoms with van der Waals surface area (Å²) in [5.41, 5.74) is 6.82. The maximum absolute atomic E-state index is 12.9. The molecule has 0 saturated heterocycles. The highest BCUT2D eigenvalue weighted by atomic mass is 35.5. The zero-order valence-electron chi connectivity index (χ0n) is 14.4. The van der Waals surface area contributed by atoms with Gasteiger partial charge in [-0.15, -0.1) is 12.4 Å². The zero-order chi connectivity index (χ0) is 18.4. The van der Waals surface area contributed by atoms with E-state index in [-0.39, 0.29) is 36.1 Å². The second-order valence-corrected chi connectivity index (χ2v) is 7.54. The van der Waals surface area contributed by atoms with Crippen molar-refractivity contribution in [2.45, 2.75) is 18.2 Å². The molecule has 2 rings (SSSR count).